The standard InChI is InChI=1S/C38H35N8/c1-35(26-39,24-31-16-8-4-9-17-31)45-46(36(2,27-40)25-32-18-10-5-11-19-32)30-38(29-42,34-22-14-7-15-23-34)44-43-37(3,28-41)33-20-12-6-13-21-33/h4-23H,24-25,30H2,1-3H3/q+1. The Morgan fingerprint density at radius 3 is 1.48 bits per heavy atom. The number of nitriles is 4. The van der Waals surface area contributed by atoms with Crippen LogP contribution in [0.15, 0.2) is 137 Å². The first-order chi connectivity index (χ1) is 22.1. The lowest BCUT2D eigenvalue weighted by Crippen LogP contribution is -2.47. The molecule has 4 atom stereocenters. The lowest BCUT2D eigenvalue weighted by molar-refractivity contribution is -0.658. The SMILES string of the molecule is CC(C#N)(Cc1ccccc1)N=[N+](CC(C#N)(N=NC(C)(C#N)c1ccccc1)c1ccccc1)C(C)(C#N)Cc1ccccc1. The van der Waals surface area contributed by atoms with Crippen molar-refractivity contribution in [3.8, 4) is 24.3 Å². The van der Waals surface area contributed by atoms with Gasteiger partial charge in [-0.05, 0) is 35.7 Å². The second-order valence-electron chi connectivity index (χ2n) is 11.8. The van der Waals surface area contributed by atoms with E-state index in [4.69, 9.17) is 5.11 Å². The Morgan fingerprint density at radius 1 is 0.543 bits per heavy atom. The van der Waals surface area contributed by atoms with Crippen molar-refractivity contribution in [1.29, 1.82) is 21.0 Å². The average molecular weight is 604 g/mol. The molecular formula is C38H35N8+. The molecule has 4 aromatic carbocycles. The van der Waals surface area contributed by atoms with E-state index < -0.39 is 22.2 Å². The van der Waals surface area contributed by atoms with Crippen molar-refractivity contribution >= 4 is 0 Å². The normalized spacial score (nSPS) is 16.6. The van der Waals surface area contributed by atoms with Gasteiger partial charge < -0.3 is 0 Å². The smallest absolute Gasteiger partial charge is 0.195 e. The van der Waals surface area contributed by atoms with Gasteiger partial charge in [0.15, 0.2) is 5.54 Å². The minimum Gasteiger partial charge on any atom is -0.195 e. The third kappa shape index (κ3) is 7.57. The first-order valence-electron chi connectivity index (χ1n) is 14.9. The zero-order chi connectivity index (χ0) is 33.1. The molecule has 0 aromatic heterocycles. The van der Waals surface area contributed by atoms with Gasteiger partial charge in [-0.1, -0.05) is 121 Å². The van der Waals surface area contributed by atoms with E-state index >= 15 is 0 Å². The summed E-state index contributed by atoms with van der Waals surface area (Å²) in [5, 5.41) is 56.5. The Hall–Kier alpha value is -5.96. The van der Waals surface area contributed by atoms with Crippen LogP contribution >= 0.6 is 0 Å². The van der Waals surface area contributed by atoms with Crippen molar-refractivity contribution in [2.75, 3.05) is 6.54 Å². The van der Waals surface area contributed by atoms with Crippen LogP contribution in [0.2, 0.25) is 0 Å². The highest BCUT2D eigenvalue weighted by Crippen LogP contribution is 2.34. The highest BCUT2D eigenvalue weighted by molar-refractivity contribution is 5.34. The first kappa shape index (κ1) is 32.9. The van der Waals surface area contributed by atoms with Crippen LogP contribution in [-0.4, -0.2) is 22.3 Å². The van der Waals surface area contributed by atoms with Gasteiger partial charge in [0.25, 0.3) is 11.1 Å². The largest absolute Gasteiger partial charge is 0.273 e. The molecule has 0 heterocycles. The lowest BCUT2D eigenvalue weighted by Gasteiger charge is -2.27. The van der Waals surface area contributed by atoms with E-state index in [9.17, 15) is 21.0 Å². The molecule has 0 aliphatic rings. The molecular weight excluding hydrogens is 568 g/mol. The summed E-state index contributed by atoms with van der Waals surface area (Å²) in [5.74, 6) is 0. The molecule has 226 valence electrons. The summed E-state index contributed by atoms with van der Waals surface area (Å²) in [4.78, 5) is 0. The number of hydrogen-bond donors (Lipinski definition) is 0. The summed E-state index contributed by atoms with van der Waals surface area (Å²) in [6.07, 6.45) is 0.536. The third-order valence-corrected chi connectivity index (χ3v) is 7.96. The van der Waals surface area contributed by atoms with Crippen LogP contribution in [0.1, 0.15) is 43.0 Å². The third-order valence-electron chi connectivity index (χ3n) is 7.96. The maximum absolute atomic E-state index is 10.9. The van der Waals surface area contributed by atoms with Gasteiger partial charge in [-0.3, -0.25) is 0 Å². The number of azo groups is 3. The van der Waals surface area contributed by atoms with Gasteiger partial charge in [0.05, 0.1) is 18.6 Å². The Bertz CT molecular complexity index is 1850. The van der Waals surface area contributed by atoms with Crippen molar-refractivity contribution < 1.29 is 4.70 Å². The van der Waals surface area contributed by atoms with Crippen LogP contribution in [0, 0.1) is 45.3 Å². The summed E-state index contributed by atoms with van der Waals surface area (Å²) in [5.41, 5.74) is -2.77. The maximum atomic E-state index is 10.9. The summed E-state index contributed by atoms with van der Waals surface area (Å²) in [6, 6.07) is 46.5. The van der Waals surface area contributed by atoms with E-state index in [0.29, 0.717) is 11.1 Å². The quantitative estimate of drug-likeness (QED) is 0.120. The number of hydrogen-bond acceptors (Lipinski definition) is 7. The first-order valence-corrected chi connectivity index (χ1v) is 14.9. The van der Waals surface area contributed by atoms with Gasteiger partial charge in [0.1, 0.15) is 12.1 Å². The molecule has 0 saturated carbocycles. The molecule has 0 radical (unpaired) electrons. The van der Waals surface area contributed by atoms with Gasteiger partial charge in [-0.25, -0.2) is 0 Å². The highest BCUT2D eigenvalue weighted by Gasteiger charge is 2.49. The van der Waals surface area contributed by atoms with Gasteiger partial charge in [0.2, 0.25) is 12.1 Å². The Kier molecular flexibility index (Phi) is 10.2. The Labute approximate surface area is 270 Å². The minimum absolute atomic E-state index is 0.212. The molecule has 4 unspecified atom stereocenters. The van der Waals surface area contributed by atoms with Crippen LogP contribution in [0.3, 0.4) is 0 Å². The molecule has 0 N–H and O–H groups in total. The molecule has 8 nitrogen and oxygen atoms in total. The molecule has 0 spiro atoms. The van der Waals surface area contributed by atoms with Crippen LogP contribution in [0.5, 0.6) is 0 Å². The fraction of sp³-hybridized carbons (Fsp3) is 0.263. The van der Waals surface area contributed by atoms with Crippen molar-refractivity contribution in [2.24, 2.45) is 15.3 Å². The summed E-state index contributed by atoms with van der Waals surface area (Å²) >= 11 is 0. The fourth-order valence-electron chi connectivity index (χ4n) is 5.19. The fourth-order valence-corrected chi connectivity index (χ4v) is 5.19. The summed E-state index contributed by atoms with van der Waals surface area (Å²) < 4.78 is 1.54. The minimum atomic E-state index is -1.70. The number of benzene rings is 4. The van der Waals surface area contributed by atoms with Crippen LogP contribution in [-0.2, 0) is 23.9 Å². The Morgan fingerprint density at radius 2 is 1.02 bits per heavy atom. The zero-order valence-electron chi connectivity index (χ0n) is 26.2. The highest BCUT2D eigenvalue weighted by atomic mass is 15.4. The summed E-state index contributed by atoms with van der Waals surface area (Å²) in [7, 11) is 0. The van der Waals surface area contributed by atoms with Gasteiger partial charge >= 0.3 is 0 Å². The Balaban J connectivity index is 1.93. The molecule has 8 heteroatoms. The van der Waals surface area contributed by atoms with Gasteiger partial charge in [0, 0.05) is 18.9 Å². The topological polar surface area (TPSA) is 135 Å². The molecule has 0 bridgehead atoms. The van der Waals surface area contributed by atoms with E-state index in [-0.39, 0.29) is 19.4 Å². The molecule has 46 heavy (non-hydrogen) atoms. The molecule has 0 aliphatic heterocycles. The molecule has 4 aromatic rings. The van der Waals surface area contributed by atoms with Crippen molar-refractivity contribution in [2.45, 2.75) is 55.8 Å². The monoisotopic (exact) mass is 603 g/mol. The number of nitrogens with zero attached hydrogens (tertiary/aromatic N) is 8. The molecule has 0 amide bonds. The van der Waals surface area contributed by atoms with Crippen LogP contribution < -0.4 is 0 Å². The lowest BCUT2D eigenvalue weighted by atomic mass is 9.88. The average Bonchev–Trinajstić information content (AvgIpc) is 3.11. The second kappa shape index (κ2) is 14.2. The van der Waals surface area contributed by atoms with E-state index in [1.165, 1.54) is 4.70 Å². The van der Waals surface area contributed by atoms with E-state index in [2.05, 4.69) is 34.5 Å². The van der Waals surface area contributed by atoms with Gasteiger partial charge in [-0.15, -0.1) is 4.70 Å². The van der Waals surface area contributed by atoms with Gasteiger partial charge in [-0.2, -0.15) is 31.3 Å². The molecule has 0 fully saturated rings. The number of rotatable bonds is 12. The maximum Gasteiger partial charge on any atom is 0.273 e. The van der Waals surface area contributed by atoms with E-state index in [1.807, 2.05) is 84.9 Å². The van der Waals surface area contributed by atoms with E-state index in [0.717, 1.165) is 11.1 Å². The zero-order valence-corrected chi connectivity index (χ0v) is 26.2. The van der Waals surface area contributed by atoms with Crippen LogP contribution in [0.25, 0.3) is 0 Å². The summed E-state index contributed by atoms with van der Waals surface area (Å²) in [6.45, 7) is 4.89. The molecule has 0 aliphatic carbocycles. The van der Waals surface area contributed by atoms with Crippen LogP contribution in [0.4, 0.5) is 0 Å². The molecule has 4 rings (SSSR count). The predicted molar refractivity (Wildman–Crippen MR) is 174 cm³/mol. The predicted octanol–water partition coefficient (Wildman–Crippen LogP) is 7.81. The van der Waals surface area contributed by atoms with E-state index in [1.54, 1.807) is 57.2 Å². The second-order valence-corrected chi connectivity index (χ2v) is 11.8. The van der Waals surface area contributed by atoms with Crippen molar-refractivity contribution in [3.63, 3.8) is 0 Å². The van der Waals surface area contributed by atoms with Crippen molar-refractivity contribution in [3.05, 3.63) is 144 Å². The van der Waals surface area contributed by atoms with Crippen molar-refractivity contribution in [1.82, 2.24) is 0 Å². The molecule has 0 saturated heterocycles.